The summed E-state index contributed by atoms with van der Waals surface area (Å²) in [5.41, 5.74) is 1.98. The monoisotopic (exact) mass is 456 g/mol. The van der Waals surface area contributed by atoms with Crippen LogP contribution in [0.2, 0.25) is 0 Å². The first-order valence-corrected chi connectivity index (χ1v) is 12.5. The Labute approximate surface area is 191 Å². The minimum atomic E-state index is -3.42. The van der Waals surface area contributed by atoms with Crippen molar-refractivity contribution in [2.45, 2.75) is 43.5 Å². The Kier molecular flexibility index (Phi) is 8.47. The molecule has 1 heterocycles. The van der Waals surface area contributed by atoms with Gasteiger partial charge in [0.15, 0.2) is 0 Å². The average Bonchev–Trinajstić information content (AvgIpc) is 2.83. The number of amides is 1. The minimum absolute atomic E-state index is 0.0435. The van der Waals surface area contributed by atoms with Gasteiger partial charge in [0, 0.05) is 33.1 Å². The predicted molar refractivity (Wildman–Crippen MR) is 126 cm³/mol. The lowest BCUT2D eigenvalue weighted by Crippen LogP contribution is -2.35. The first kappa shape index (κ1) is 24.0. The zero-order valence-electron chi connectivity index (χ0n) is 18.7. The molecule has 32 heavy (non-hydrogen) atoms. The lowest BCUT2D eigenvalue weighted by molar-refractivity contribution is -0.130. The molecule has 0 unspecified atom stereocenters. The van der Waals surface area contributed by atoms with Gasteiger partial charge < -0.3 is 9.64 Å². The maximum absolute atomic E-state index is 12.8. The van der Waals surface area contributed by atoms with Crippen LogP contribution in [0.3, 0.4) is 0 Å². The van der Waals surface area contributed by atoms with Crippen LogP contribution in [0.4, 0.5) is 0 Å². The fourth-order valence-corrected chi connectivity index (χ4v) is 5.25. The molecule has 3 rings (SSSR count). The third-order valence-corrected chi connectivity index (χ3v) is 7.55. The number of hydrogen-bond acceptors (Lipinski definition) is 4. The molecule has 0 N–H and O–H groups in total. The highest BCUT2D eigenvalue weighted by molar-refractivity contribution is 7.89. The van der Waals surface area contributed by atoms with Gasteiger partial charge in [-0.15, -0.1) is 0 Å². The normalized spacial score (nSPS) is 14.7. The summed E-state index contributed by atoms with van der Waals surface area (Å²) in [5.74, 6) is 0.815. The van der Waals surface area contributed by atoms with Gasteiger partial charge in [0.2, 0.25) is 15.9 Å². The third kappa shape index (κ3) is 6.43. The molecule has 1 aliphatic heterocycles. The fourth-order valence-electron chi connectivity index (χ4n) is 3.73. The van der Waals surface area contributed by atoms with E-state index in [4.69, 9.17) is 4.74 Å². The minimum Gasteiger partial charge on any atom is -0.490 e. The smallest absolute Gasteiger partial charge is 0.243 e. The Morgan fingerprint density at radius 3 is 2.28 bits per heavy atom. The van der Waals surface area contributed by atoms with Gasteiger partial charge in [-0.2, -0.15) is 4.31 Å². The predicted octanol–water partition coefficient (Wildman–Crippen LogP) is 4.02. The van der Waals surface area contributed by atoms with E-state index in [9.17, 15) is 13.2 Å². The first-order chi connectivity index (χ1) is 15.4. The number of ether oxygens (including phenoxy) is 1. The zero-order chi connectivity index (χ0) is 23.0. The summed E-state index contributed by atoms with van der Waals surface area (Å²) in [5, 5.41) is 0. The van der Waals surface area contributed by atoms with Crippen LogP contribution in [0.1, 0.15) is 36.8 Å². The van der Waals surface area contributed by atoms with E-state index >= 15 is 0 Å². The molecule has 1 aliphatic rings. The molecular formula is C25H32N2O4S. The quantitative estimate of drug-likeness (QED) is 0.507. The highest BCUT2D eigenvalue weighted by Crippen LogP contribution is 2.21. The van der Waals surface area contributed by atoms with Crippen LogP contribution in [-0.2, 0) is 27.8 Å². The summed E-state index contributed by atoms with van der Waals surface area (Å²) in [6.07, 6.45) is 5.56. The summed E-state index contributed by atoms with van der Waals surface area (Å²) >= 11 is 0. The largest absolute Gasteiger partial charge is 0.490 e. The van der Waals surface area contributed by atoms with Gasteiger partial charge in [-0.1, -0.05) is 43.3 Å². The number of carbonyl (C=O) groups excluding carboxylic acids is 1. The van der Waals surface area contributed by atoms with Crippen LogP contribution < -0.4 is 4.74 Å². The molecule has 0 saturated carbocycles. The van der Waals surface area contributed by atoms with Crippen molar-refractivity contribution in [1.82, 2.24) is 9.21 Å². The molecule has 2 aromatic rings. The van der Waals surface area contributed by atoms with Gasteiger partial charge in [0.25, 0.3) is 0 Å². The molecule has 0 bridgehead atoms. The summed E-state index contributed by atoms with van der Waals surface area (Å²) in [6.45, 7) is 5.80. The number of rotatable bonds is 10. The third-order valence-electron chi connectivity index (χ3n) is 5.64. The highest BCUT2D eigenvalue weighted by atomic mass is 32.2. The van der Waals surface area contributed by atoms with Gasteiger partial charge in [-0.25, -0.2) is 8.42 Å². The summed E-state index contributed by atoms with van der Waals surface area (Å²) in [4.78, 5) is 14.6. The van der Waals surface area contributed by atoms with E-state index in [0.717, 1.165) is 36.1 Å². The zero-order valence-corrected chi connectivity index (χ0v) is 19.5. The van der Waals surface area contributed by atoms with Gasteiger partial charge in [0.05, 0.1) is 4.90 Å². The van der Waals surface area contributed by atoms with Crippen LogP contribution in [0.25, 0.3) is 0 Å². The number of benzene rings is 2. The molecule has 0 atom stereocenters. The lowest BCUT2D eigenvalue weighted by Gasteiger charge is -2.25. The summed E-state index contributed by atoms with van der Waals surface area (Å²) in [7, 11) is -1.63. The standard InChI is InChI=1S/C25H32N2O4S/c1-3-19-31-23-12-7-22(8-13-23)20-26(2)25(28)16-11-21-9-14-24(15-10-21)32(29,30)27-17-5-4-6-18-27/h3,7-10,12-15H,1,4-6,11,16-20H2,2H3. The number of sulfonamides is 1. The Hall–Kier alpha value is -2.64. The fraction of sp³-hybridized carbons (Fsp3) is 0.400. The van der Waals surface area contributed by atoms with Gasteiger partial charge in [-0.3, -0.25) is 4.79 Å². The van der Waals surface area contributed by atoms with Crippen LogP contribution in [0.5, 0.6) is 5.75 Å². The molecule has 0 aliphatic carbocycles. The second-order valence-corrected chi connectivity index (χ2v) is 10.0. The highest BCUT2D eigenvalue weighted by Gasteiger charge is 2.25. The van der Waals surface area contributed by atoms with E-state index in [1.807, 2.05) is 36.4 Å². The topological polar surface area (TPSA) is 66.9 Å². The molecule has 1 fully saturated rings. The Bertz CT molecular complexity index is 995. The number of aryl methyl sites for hydroxylation is 1. The second-order valence-electron chi connectivity index (χ2n) is 8.10. The lowest BCUT2D eigenvalue weighted by atomic mass is 10.1. The molecule has 1 amide bonds. The van der Waals surface area contributed by atoms with Crippen molar-refractivity contribution in [1.29, 1.82) is 0 Å². The SMILES string of the molecule is C=CCOc1ccc(CN(C)C(=O)CCc2ccc(S(=O)(=O)N3CCCCC3)cc2)cc1. The van der Waals surface area contributed by atoms with E-state index in [0.29, 0.717) is 44.0 Å². The number of carbonyl (C=O) groups is 1. The Morgan fingerprint density at radius 2 is 1.66 bits per heavy atom. The van der Waals surface area contributed by atoms with Crippen molar-refractivity contribution in [3.8, 4) is 5.75 Å². The molecular weight excluding hydrogens is 424 g/mol. The number of piperidine rings is 1. The summed E-state index contributed by atoms with van der Waals surface area (Å²) < 4.78 is 32.6. The maximum atomic E-state index is 12.8. The molecule has 6 nitrogen and oxygen atoms in total. The molecule has 172 valence electrons. The molecule has 1 saturated heterocycles. The molecule has 0 radical (unpaired) electrons. The molecule has 2 aromatic carbocycles. The molecule has 0 aromatic heterocycles. The van der Waals surface area contributed by atoms with Gasteiger partial charge in [-0.05, 0) is 54.7 Å². The van der Waals surface area contributed by atoms with Crippen molar-refractivity contribution in [2.75, 3.05) is 26.7 Å². The first-order valence-electron chi connectivity index (χ1n) is 11.1. The number of hydrogen-bond donors (Lipinski definition) is 0. The van der Waals surface area contributed by atoms with E-state index in [1.165, 1.54) is 0 Å². The van der Waals surface area contributed by atoms with Crippen molar-refractivity contribution < 1.29 is 17.9 Å². The molecule has 7 heteroatoms. The van der Waals surface area contributed by atoms with Crippen LogP contribution in [-0.4, -0.2) is 50.3 Å². The summed E-state index contributed by atoms with van der Waals surface area (Å²) in [6, 6.07) is 14.6. The van der Waals surface area contributed by atoms with E-state index in [2.05, 4.69) is 6.58 Å². The van der Waals surface area contributed by atoms with E-state index in [-0.39, 0.29) is 5.91 Å². The van der Waals surface area contributed by atoms with E-state index < -0.39 is 10.0 Å². The number of nitrogens with zero attached hydrogens (tertiary/aromatic N) is 2. The van der Waals surface area contributed by atoms with Crippen molar-refractivity contribution in [2.24, 2.45) is 0 Å². The van der Waals surface area contributed by atoms with Gasteiger partial charge >= 0.3 is 0 Å². The second kappa shape index (κ2) is 11.3. The van der Waals surface area contributed by atoms with Crippen molar-refractivity contribution in [3.63, 3.8) is 0 Å². The van der Waals surface area contributed by atoms with Gasteiger partial charge in [0.1, 0.15) is 12.4 Å². The van der Waals surface area contributed by atoms with Crippen molar-refractivity contribution >= 4 is 15.9 Å². The van der Waals surface area contributed by atoms with Crippen molar-refractivity contribution in [3.05, 3.63) is 72.3 Å². The maximum Gasteiger partial charge on any atom is 0.243 e. The Morgan fingerprint density at radius 1 is 1.03 bits per heavy atom. The van der Waals surface area contributed by atoms with E-state index in [1.54, 1.807) is 34.5 Å². The van der Waals surface area contributed by atoms with Crippen LogP contribution >= 0.6 is 0 Å². The van der Waals surface area contributed by atoms with Crippen LogP contribution in [0, 0.1) is 0 Å². The Balaban J connectivity index is 1.50. The molecule has 0 spiro atoms. The van der Waals surface area contributed by atoms with Crippen LogP contribution in [0.15, 0.2) is 66.1 Å². The average molecular weight is 457 g/mol.